The first kappa shape index (κ1) is 12.9. The average molecular weight is 214 g/mol. The van der Waals surface area contributed by atoms with Gasteiger partial charge in [-0.2, -0.15) is 0 Å². The Bertz CT molecular complexity index is 156. The van der Waals surface area contributed by atoms with Gasteiger partial charge in [-0.3, -0.25) is 0 Å². The van der Waals surface area contributed by atoms with Crippen molar-refractivity contribution in [1.29, 1.82) is 0 Å². The number of aliphatic hydroxyl groups excluding tert-OH is 1. The van der Waals surface area contributed by atoms with Crippen LogP contribution in [-0.4, -0.2) is 37.4 Å². The Kier molecular flexibility index (Phi) is 6.22. The molecule has 15 heavy (non-hydrogen) atoms. The Morgan fingerprint density at radius 2 is 2.27 bits per heavy atom. The maximum Gasteiger partial charge on any atom is 0.0667 e. The summed E-state index contributed by atoms with van der Waals surface area (Å²) in [4.78, 5) is 0. The SMILES string of the molecule is CC(C)CC(O)CNCC1CCCNC1. The molecule has 0 spiro atoms. The van der Waals surface area contributed by atoms with Crippen LogP contribution in [0.3, 0.4) is 0 Å². The minimum atomic E-state index is -0.179. The summed E-state index contributed by atoms with van der Waals surface area (Å²) in [5, 5.41) is 16.4. The molecule has 1 aliphatic heterocycles. The van der Waals surface area contributed by atoms with Crippen molar-refractivity contribution in [1.82, 2.24) is 10.6 Å². The molecular formula is C12H26N2O. The molecule has 2 atom stereocenters. The van der Waals surface area contributed by atoms with Crippen molar-refractivity contribution in [3.8, 4) is 0 Å². The van der Waals surface area contributed by atoms with E-state index in [0.717, 1.165) is 32.0 Å². The summed E-state index contributed by atoms with van der Waals surface area (Å²) in [6.45, 7) is 8.39. The van der Waals surface area contributed by atoms with Crippen molar-refractivity contribution in [2.75, 3.05) is 26.2 Å². The Balaban J connectivity index is 1.99. The molecule has 1 saturated heterocycles. The molecule has 0 amide bonds. The van der Waals surface area contributed by atoms with E-state index in [1.807, 2.05) is 0 Å². The van der Waals surface area contributed by atoms with Crippen LogP contribution >= 0.6 is 0 Å². The van der Waals surface area contributed by atoms with Gasteiger partial charge in [0, 0.05) is 6.54 Å². The van der Waals surface area contributed by atoms with E-state index in [4.69, 9.17) is 0 Å². The minimum Gasteiger partial charge on any atom is -0.392 e. The number of rotatable bonds is 6. The Labute approximate surface area is 93.6 Å². The van der Waals surface area contributed by atoms with Gasteiger partial charge in [-0.15, -0.1) is 0 Å². The van der Waals surface area contributed by atoms with Crippen molar-refractivity contribution < 1.29 is 5.11 Å². The molecule has 3 heteroatoms. The monoisotopic (exact) mass is 214 g/mol. The van der Waals surface area contributed by atoms with Crippen LogP contribution in [0.5, 0.6) is 0 Å². The molecule has 3 nitrogen and oxygen atoms in total. The van der Waals surface area contributed by atoms with Gasteiger partial charge in [-0.25, -0.2) is 0 Å². The first-order valence-electron chi connectivity index (χ1n) is 6.28. The molecular weight excluding hydrogens is 188 g/mol. The van der Waals surface area contributed by atoms with Crippen molar-refractivity contribution >= 4 is 0 Å². The molecule has 0 radical (unpaired) electrons. The summed E-state index contributed by atoms with van der Waals surface area (Å²) in [7, 11) is 0. The minimum absolute atomic E-state index is 0.179. The molecule has 3 N–H and O–H groups in total. The van der Waals surface area contributed by atoms with Crippen LogP contribution in [0.2, 0.25) is 0 Å². The van der Waals surface area contributed by atoms with Gasteiger partial charge in [0.2, 0.25) is 0 Å². The predicted molar refractivity (Wildman–Crippen MR) is 63.9 cm³/mol. The largest absolute Gasteiger partial charge is 0.392 e. The third kappa shape index (κ3) is 6.13. The standard InChI is InChI=1S/C12H26N2O/c1-10(2)6-12(15)9-14-8-11-4-3-5-13-7-11/h10-15H,3-9H2,1-2H3. The lowest BCUT2D eigenvalue weighted by molar-refractivity contribution is 0.144. The number of hydrogen-bond acceptors (Lipinski definition) is 3. The lowest BCUT2D eigenvalue weighted by Crippen LogP contribution is -2.38. The lowest BCUT2D eigenvalue weighted by atomic mass is 9.99. The third-order valence-corrected chi connectivity index (χ3v) is 2.96. The number of nitrogens with one attached hydrogen (secondary N) is 2. The second kappa shape index (κ2) is 7.20. The fraction of sp³-hybridized carbons (Fsp3) is 1.00. The van der Waals surface area contributed by atoms with E-state index in [2.05, 4.69) is 24.5 Å². The quantitative estimate of drug-likeness (QED) is 0.617. The number of hydrogen-bond donors (Lipinski definition) is 3. The zero-order valence-electron chi connectivity index (χ0n) is 10.1. The van der Waals surface area contributed by atoms with Crippen LogP contribution in [0.1, 0.15) is 33.1 Å². The maximum atomic E-state index is 9.67. The molecule has 0 aromatic heterocycles. The summed E-state index contributed by atoms with van der Waals surface area (Å²) >= 11 is 0. The van der Waals surface area contributed by atoms with Crippen molar-refractivity contribution in [3.05, 3.63) is 0 Å². The second-order valence-electron chi connectivity index (χ2n) is 5.15. The summed E-state index contributed by atoms with van der Waals surface area (Å²) in [5.74, 6) is 1.34. The van der Waals surface area contributed by atoms with E-state index in [9.17, 15) is 5.11 Å². The molecule has 0 aliphatic carbocycles. The van der Waals surface area contributed by atoms with Gasteiger partial charge in [0.25, 0.3) is 0 Å². The van der Waals surface area contributed by atoms with Crippen molar-refractivity contribution in [2.45, 2.75) is 39.2 Å². The molecule has 0 aromatic rings. The molecule has 0 bridgehead atoms. The van der Waals surface area contributed by atoms with Crippen LogP contribution < -0.4 is 10.6 Å². The van der Waals surface area contributed by atoms with Crippen LogP contribution in [0, 0.1) is 11.8 Å². The molecule has 1 aliphatic rings. The first-order chi connectivity index (χ1) is 7.18. The van der Waals surface area contributed by atoms with Gasteiger partial charge >= 0.3 is 0 Å². The lowest BCUT2D eigenvalue weighted by Gasteiger charge is -2.23. The Hall–Kier alpha value is -0.120. The molecule has 1 rings (SSSR count). The predicted octanol–water partition coefficient (Wildman–Crippen LogP) is 0.983. The van der Waals surface area contributed by atoms with Gasteiger partial charge in [0.15, 0.2) is 0 Å². The average Bonchev–Trinajstić information content (AvgIpc) is 2.18. The Morgan fingerprint density at radius 3 is 2.87 bits per heavy atom. The van der Waals surface area contributed by atoms with Crippen LogP contribution in [-0.2, 0) is 0 Å². The van der Waals surface area contributed by atoms with Crippen molar-refractivity contribution in [3.63, 3.8) is 0 Å². The summed E-state index contributed by atoms with van der Waals surface area (Å²) in [5.41, 5.74) is 0. The van der Waals surface area contributed by atoms with E-state index in [-0.39, 0.29) is 6.10 Å². The smallest absolute Gasteiger partial charge is 0.0667 e. The molecule has 0 saturated carbocycles. The normalized spacial score (nSPS) is 24.4. The highest BCUT2D eigenvalue weighted by molar-refractivity contribution is 4.72. The third-order valence-electron chi connectivity index (χ3n) is 2.96. The summed E-state index contributed by atoms with van der Waals surface area (Å²) in [6.07, 6.45) is 3.33. The molecule has 0 aromatic carbocycles. The van der Waals surface area contributed by atoms with E-state index in [1.54, 1.807) is 0 Å². The summed E-state index contributed by atoms with van der Waals surface area (Å²) < 4.78 is 0. The zero-order chi connectivity index (χ0) is 11.1. The van der Waals surface area contributed by atoms with Gasteiger partial charge in [-0.05, 0) is 50.7 Å². The van der Waals surface area contributed by atoms with E-state index < -0.39 is 0 Å². The van der Waals surface area contributed by atoms with Crippen LogP contribution in [0.4, 0.5) is 0 Å². The van der Waals surface area contributed by atoms with E-state index in [1.165, 1.54) is 19.4 Å². The highest BCUT2D eigenvalue weighted by atomic mass is 16.3. The topological polar surface area (TPSA) is 44.3 Å². The molecule has 1 heterocycles. The van der Waals surface area contributed by atoms with Crippen molar-refractivity contribution in [2.24, 2.45) is 11.8 Å². The highest BCUT2D eigenvalue weighted by Gasteiger charge is 2.13. The van der Waals surface area contributed by atoms with Crippen LogP contribution in [0.15, 0.2) is 0 Å². The fourth-order valence-electron chi connectivity index (χ4n) is 2.18. The van der Waals surface area contributed by atoms with E-state index >= 15 is 0 Å². The summed E-state index contributed by atoms with van der Waals surface area (Å²) in [6, 6.07) is 0. The first-order valence-corrected chi connectivity index (χ1v) is 6.28. The number of piperidine rings is 1. The molecule has 90 valence electrons. The van der Waals surface area contributed by atoms with Gasteiger partial charge in [-0.1, -0.05) is 13.8 Å². The fourth-order valence-corrected chi connectivity index (χ4v) is 2.18. The van der Waals surface area contributed by atoms with Gasteiger partial charge in [0.1, 0.15) is 0 Å². The molecule has 1 fully saturated rings. The van der Waals surface area contributed by atoms with Gasteiger partial charge in [0.05, 0.1) is 6.10 Å². The highest BCUT2D eigenvalue weighted by Crippen LogP contribution is 2.08. The zero-order valence-corrected chi connectivity index (χ0v) is 10.1. The molecule has 2 unspecified atom stereocenters. The van der Waals surface area contributed by atoms with Gasteiger partial charge < -0.3 is 15.7 Å². The number of aliphatic hydroxyl groups is 1. The van der Waals surface area contributed by atoms with Crippen LogP contribution in [0.25, 0.3) is 0 Å². The van der Waals surface area contributed by atoms with E-state index in [0.29, 0.717) is 5.92 Å². The second-order valence-corrected chi connectivity index (χ2v) is 5.15. The maximum absolute atomic E-state index is 9.67. The Morgan fingerprint density at radius 1 is 1.47 bits per heavy atom.